The number of methoxy groups -OCH3 is 1. The number of fused-ring (bicyclic) bond motifs is 1. The minimum Gasteiger partial charge on any atom is -0.465 e. The fourth-order valence-corrected chi connectivity index (χ4v) is 3.36. The molecule has 0 bridgehead atoms. The van der Waals surface area contributed by atoms with Crippen molar-refractivity contribution >= 4 is 23.4 Å². The van der Waals surface area contributed by atoms with Gasteiger partial charge in [0.2, 0.25) is 5.69 Å². The molecule has 0 saturated heterocycles. The maximum Gasteiger partial charge on any atom is 0.337 e. The molecular weight excluding hydrogens is 298 g/mol. The molecule has 2 aromatic rings. The first kappa shape index (κ1) is 16.2. The lowest BCUT2D eigenvalue weighted by atomic mass is 9.81. The van der Waals surface area contributed by atoms with Gasteiger partial charge in [0.15, 0.2) is 5.71 Å². The topological polar surface area (TPSA) is 29.3 Å². The first-order chi connectivity index (χ1) is 11.4. The van der Waals surface area contributed by atoms with Crippen LogP contribution in [0.2, 0.25) is 0 Å². The van der Waals surface area contributed by atoms with Crippen LogP contribution in [0, 0.1) is 0 Å². The van der Waals surface area contributed by atoms with Crippen LogP contribution in [0.3, 0.4) is 0 Å². The maximum atomic E-state index is 11.7. The van der Waals surface area contributed by atoms with E-state index in [2.05, 4.69) is 55.8 Å². The van der Waals surface area contributed by atoms with E-state index in [0.717, 1.165) is 5.56 Å². The lowest BCUT2D eigenvalue weighted by Crippen LogP contribution is -2.26. The fraction of sp³-hybridized carbons (Fsp3) is 0.238. The summed E-state index contributed by atoms with van der Waals surface area (Å²) in [4.78, 5) is 11.7. The van der Waals surface area contributed by atoms with Gasteiger partial charge < -0.3 is 4.74 Å². The minimum absolute atomic E-state index is 0.0538. The number of hydrogen-bond acceptors (Lipinski definition) is 2. The van der Waals surface area contributed by atoms with E-state index in [1.807, 2.05) is 24.3 Å². The Hall–Kier alpha value is -2.68. The number of allylic oxidation sites excluding steroid dienone is 1. The molecule has 0 radical (unpaired) electrons. The lowest BCUT2D eigenvalue weighted by Gasteiger charge is -2.15. The Morgan fingerprint density at radius 2 is 1.83 bits per heavy atom. The molecule has 3 nitrogen and oxygen atoms in total. The zero-order chi connectivity index (χ0) is 17.3. The molecule has 122 valence electrons. The van der Waals surface area contributed by atoms with Crippen LogP contribution >= 0.6 is 0 Å². The van der Waals surface area contributed by atoms with Crippen molar-refractivity contribution in [1.82, 2.24) is 0 Å². The summed E-state index contributed by atoms with van der Waals surface area (Å²) >= 11 is 0. The highest BCUT2D eigenvalue weighted by atomic mass is 16.5. The molecule has 0 aromatic heterocycles. The number of benzene rings is 2. The van der Waals surface area contributed by atoms with E-state index in [1.54, 1.807) is 6.07 Å². The van der Waals surface area contributed by atoms with E-state index < -0.39 is 0 Å². The standard InChI is InChI=1S/C21H22NO2/c1-21(2)17-10-5-6-11-18(17)22(3)19(21)13-12-15-8-7-9-16(14-15)20(23)24-4/h5-14H,1-4H3/q+1/b13-12+. The Balaban J connectivity index is 1.96. The van der Waals surface area contributed by atoms with Crippen LogP contribution in [0.25, 0.3) is 6.08 Å². The third-order valence-corrected chi connectivity index (χ3v) is 4.68. The van der Waals surface area contributed by atoms with Crippen LogP contribution in [-0.4, -0.2) is 30.4 Å². The van der Waals surface area contributed by atoms with Crippen molar-refractivity contribution in [3.63, 3.8) is 0 Å². The number of esters is 1. The minimum atomic E-state index is -0.316. The second-order valence-corrected chi connectivity index (χ2v) is 6.54. The third-order valence-electron chi connectivity index (χ3n) is 4.68. The van der Waals surface area contributed by atoms with Gasteiger partial charge >= 0.3 is 5.97 Å². The molecule has 1 aliphatic heterocycles. The van der Waals surface area contributed by atoms with Crippen molar-refractivity contribution in [3.05, 3.63) is 71.3 Å². The van der Waals surface area contributed by atoms with E-state index in [0.29, 0.717) is 5.56 Å². The first-order valence-corrected chi connectivity index (χ1v) is 8.02. The van der Waals surface area contributed by atoms with Crippen molar-refractivity contribution in [1.29, 1.82) is 0 Å². The second-order valence-electron chi connectivity index (χ2n) is 6.54. The van der Waals surface area contributed by atoms with Gasteiger partial charge in [-0.25, -0.2) is 4.79 Å². The van der Waals surface area contributed by atoms with Gasteiger partial charge in [-0.05, 0) is 37.6 Å². The Morgan fingerprint density at radius 3 is 2.54 bits per heavy atom. The number of nitrogens with zero attached hydrogens (tertiary/aromatic N) is 1. The Kier molecular flexibility index (Phi) is 4.10. The summed E-state index contributed by atoms with van der Waals surface area (Å²) in [6, 6.07) is 15.9. The molecule has 0 spiro atoms. The molecule has 0 atom stereocenters. The number of ether oxygens (including phenoxy) is 1. The van der Waals surface area contributed by atoms with E-state index in [-0.39, 0.29) is 11.4 Å². The number of rotatable bonds is 3. The van der Waals surface area contributed by atoms with Crippen LogP contribution in [0.1, 0.15) is 35.3 Å². The number of carbonyl (C=O) groups excluding carboxylic acids is 1. The molecule has 1 heterocycles. The normalized spacial score (nSPS) is 15.7. The van der Waals surface area contributed by atoms with Gasteiger partial charge in [0.1, 0.15) is 7.05 Å². The Labute approximate surface area is 142 Å². The number of para-hydroxylation sites is 1. The molecule has 0 saturated carbocycles. The molecule has 1 aliphatic rings. The SMILES string of the molecule is COC(=O)c1cccc(/C=C/C2=[N+](C)c3ccccc3C2(C)C)c1. The van der Waals surface area contributed by atoms with E-state index >= 15 is 0 Å². The Bertz CT molecular complexity index is 860. The summed E-state index contributed by atoms with van der Waals surface area (Å²) in [7, 11) is 3.49. The molecule has 2 aromatic carbocycles. The maximum absolute atomic E-state index is 11.7. The van der Waals surface area contributed by atoms with Gasteiger partial charge in [0.05, 0.1) is 18.1 Å². The number of carbonyl (C=O) groups is 1. The van der Waals surface area contributed by atoms with Crippen molar-refractivity contribution in [3.8, 4) is 0 Å². The molecule has 0 amide bonds. The predicted molar refractivity (Wildman–Crippen MR) is 97.1 cm³/mol. The van der Waals surface area contributed by atoms with Crippen LogP contribution in [0.4, 0.5) is 5.69 Å². The van der Waals surface area contributed by atoms with E-state index in [1.165, 1.54) is 24.1 Å². The fourth-order valence-electron chi connectivity index (χ4n) is 3.36. The summed E-state index contributed by atoms with van der Waals surface area (Å²) < 4.78 is 7.02. The smallest absolute Gasteiger partial charge is 0.337 e. The zero-order valence-corrected chi connectivity index (χ0v) is 14.5. The zero-order valence-electron chi connectivity index (χ0n) is 14.5. The lowest BCUT2D eigenvalue weighted by molar-refractivity contribution is -0.401. The van der Waals surface area contributed by atoms with E-state index in [4.69, 9.17) is 4.74 Å². The van der Waals surface area contributed by atoms with Gasteiger partial charge in [-0.3, -0.25) is 0 Å². The van der Waals surface area contributed by atoms with Crippen LogP contribution in [0.5, 0.6) is 0 Å². The molecule has 0 N–H and O–H groups in total. The van der Waals surface area contributed by atoms with Gasteiger partial charge in [0.25, 0.3) is 0 Å². The highest BCUT2D eigenvalue weighted by Gasteiger charge is 2.42. The first-order valence-electron chi connectivity index (χ1n) is 8.02. The molecule has 0 fully saturated rings. The highest BCUT2D eigenvalue weighted by Crippen LogP contribution is 2.39. The molecule has 0 aliphatic carbocycles. The van der Waals surface area contributed by atoms with Crippen molar-refractivity contribution in [2.24, 2.45) is 0 Å². The summed E-state index contributed by atoms with van der Waals surface area (Å²) in [5.74, 6) is -0.316. The molecule has 0 unspecified atom stereocenters. The molecular formula is C21H22NO2+. The van der Waals surface area contributed by atoms with Crippen molar-refractivity contribution < 1.29 is 14.1 Å². The van der Waals surface area contributed by atoms with Gasteiger partial charge in [-0.15, -0.1) is 0 Å². The summed E-state index contributed by atoms with van der Waals surface area (Å²) in [5.41, 5.74) is 5.28. The summed E-state index contributed by atoms with van der Waals surface area (Å²) in [6.45, 7) is 4.47. The van der Waals surface area contributed by atoms with Gasteiger partial charge in [-0.2, -0.15) is 4.58 Å². The van der Waals surface area contributed by atoms with Crippen molar-refractivity contribution in [2.45, 2.75) is 19.3 Å². The summed E-state index contributed by atoms with van der Waals surface area (Å²) in [6.07, 6.45) is 4.18. The molecule has 24 heavy (non-hydrogen) atoms. The number of hydrogen-bond donors (Lipinski definition) is 0. The van der Waals surface area contributed by atoms with Gasteiger partial charge in [0, 0.05) is 17.7 Å². The molecule has 3 heteroatoms. The quantitative estimate of drug-likeness (QED) is 0.627. The Morgan fingerprint density at radius 1 is 1.08 bits per heavy atom. The van der Waals surface area contributed by atoms with Gasteiger partial charge in [-0.1, -0.05) is 30.3 Å². The predicted octanol–water partition coefficient (Wildman–Crippen LogP) is 4.19. The van der Waals surface area contributed by atoms with E-state index in [9.17, 15) is 4.79 Å². The largest absolute Gasteiger partial charge is 0.465 e. The van der Waals surface area contributed by atoms with Crippen LogP contribution < -0.4 is 0 Å². The monoisotopic (exact) mass is 320 g/mol. The molecule has 3 rings (SSSR count). The highest BCUT2D eigenvalue weighted by molar-refractivity contribution is 6.05. The average Bonchev–Trinajstić information content (AvgIpc) is 2.79. The second kappa shape index (κ2) is 6.08. The summed E-state index contributed by atoms with van der Waals surface area (Å²) in [5, 5.41) is 0. The van der Waals surface area contributed by atoms with Crippen molar-refractivity contribution in [2.75, 3.05) is 14.2 Å². The van der Waals surface area contributed by atoms with Crippen LogP contribution in [-0.2, 0) is 10.2 Å². The average molecular weight is 320 g/mol. The van der Waals surface area contributed by atoms with Crippen LogP contribution in [0.15, 0.2) is 54.6 Å². The third kappa shape index (κ3) is 2.67.